The summed E-state index contributed by atoms with van der Waals surface area (Å²) in [6.45, 7) is -8.04. The highest BCUT2D eigenvalue weighted by atomic mass is 15.1. The van der Waals surface area contributed by atoms with E-state index in [0.29, 0.717) is 4.90 Å². The van der Waals surface area contributed by atoms with Crippen molar-refractivity contribution in [2.75, 3.05) is 4.90 Å². The molecule has 1 aliphatic rings. The fraction of sp³-hybridized carbons (Fsp3) is 0.0732. The van der Waals surface area contributed by atoms with E-state index < -0.39 is 242 Å². The Bertz CT molecular complexity index is 3650. The van der Waals surface area contributed by atoms with E-state index in [1.165, 1.54) is 0 Å². The number of benzene rings is 7. The Labute approximate surface area is 290 Å². The molecule has 0 heterocycles. The highest BCUT2D eigenvalue weighted by molar-refractivity contribution is 6.10. The van der Waals surface area contributed by atoms with E-state index in [0.717, 1.165) is 0 Å². The molecule has 0 spiro atoms. The lowest BCUT2D eigenvalue weighted by Crippen LogP contribution is -2.24. The number of nitrogens with zero attached hydrogens (tertiary/aromatic N) is 1. The molecule has 8 rings (SSSR count). The molecule has 1 aliphatic carbocycles. The van der Waals surface area contributed by atoms with Gasteiger partial charge >= 0.3 is 0 Å². The summed E-state index contributed by atoms with van der Waals surface area (Å²) in [7, 11) is 0. The minimum atomic E-state index is -4.02. The van der Waals surface area contributed by atoms with Gasteiger partial charge in [0, 0.05) is 30.6 Å². The third kappa shape index (κ3) is 3.78. The van der Waals surface area contributed by atoms with Gasteiger partial charge in [-0.3, -0.25) is 0 Å². The van der Waals surface area contributed by atoms with Crippen LogP contribution in [0.15, 0.2) is 151 Å². The maximum absolute atomic E-state index is 9.77. The van der Waals surface area contributed by atoms with Crippen molar-refractivity contribution in [3.8, 4) is 22.3 Å². The Balaban J connectivity index is 1.78. The highest BCUT2D eigenvalue weighted by Gasteiger charge is 2.35. The average Bonchev–Trinajstić information content (AvgIpc) is 3.31. The zero-order valence-electron chi connectivity index (χ0n) is 51.9. The van der Waals surface area contributed by atoms with Gasteiger partial charge in [-0.05, 0) is 79.6 Å². The molecule has 0 unspecified atom stereocenters. The quantitative estimate of drug-likeness (QED) is 0.204. The van der Waals surface area contributed by atoms with E-state index >= 15 is 0 Å². The summed E-state index contributed by atoms with van der Waals surface area (Å²) in [5.74, 6) is 0. The second-order valence-corrected chi connectivity index (χ2v) is 9.01. The summed E-state index contributed by atoms with van der Waals surface area (Å²) in [4.78, 5) is 0.305. The molecule has 0 radical (unpaired) electrons. The molecule has 200 valence electrons. The molecule has 0 aromatic heterocycles. The van der Waals surface area contributed by atoms with Crippen molar-refractivity contribution in [2.45, 2.75) is 19.1 Å². The van der Waals surface area contributed by atoms with Gasteiger partial charge in [0.2, 0.25) is 0 Å². The van der Waals surface area contributed by atoms with Crippen LogP contribution in [0.1, 0.15) is 67.3 Å². The Morgan fingerprint density at radius 3 is 2.00 bits per heavy atom. The molecule has 1 nitrogen and oxygen atoms in total. The Morgan fingerprint density at radius 1 is 0.524 bits per heavy atom. The van der Waals surface area contributed by atoms with Crippen LogP contribution in [-0.4, -0.2) is 0 Å². The van der Waals surface area contributed by atoms with Crippen molar-refractivity contribution < 1.29 is 42.5 Å². The van der Waals surface area contributed by atoms with Gasteiger partial charge in [-0.1, -0.05) is 135 Å². The molecule has 0 N–H and O–H groups in total. The van der Waals surface area contributed by atoms with Crippen molar-refractivity contribution >= 4 is 38.6 Å². The molecular formula is C41H31N. The third-order valence-corrected chi connectivity index (χ3v) is 6.62. The first-order chi connectivity index (χ1) is 33.5. The van der Waals surface area contributed by atoms with E-state index in [-0.39, 0.29) is 0 Å². The lowest BCUT2D eigenvalue weighted by Gasteiger charge is -2.38. The lowest BCUT2D eigenvalue weighted by atomic mass is 9.68. The number of hydrogen-bond acceptors (Lipinski definition) is 1. The molecule has 0 aliphatic heterocycles. The smallest absolute Gasteiger partial charge is 0.0651 e. The zero-order valence-corrected chi connectivity index (χ0v) is 20.9. The fourth-order valence-electron chi connectivity index (χ4n) is 4.79. The first-order valence-electron chi connectivity index (χ1n) is 27.7. The van der Waals surface area contributed by atoms with Crippen molar-refractivity contribution in [1.82, 2.24) is 0 Å². The van der Waals surface area contributed by atoms with Gasteiger partial charge in [0.15, 0.2) is 0 Å². The van der Waals surface area contributed by atoms with Crippen LogP contribution in [0.4, 0.5) is 17.1 Å². The first kappa shape index (κ1) is 8.46. The fourth-order valence-corrected chi connectivity index (χ4v) is 4.79. The van der Waals surface area contributed by atoms with E-state index in [2.05, 4.69) is 0 Å². The summed E-state index contributed by atoms with van der Waals surface area (Å²) in [6, 6.07) is -28.9. The highest BCUT2D eigenvalue weighted by Crippen LogP contribution is 2.53. The van der Waals surface area contributed by atoms with E-state index in [4.69, 9.17) is 26.0 Å². The number of rotatable bonds is 4. The van der Waals surface area contributed by atoms with Crippen LogP contribution >= 0.6 is 0 Å². The molecule has 0 bridgehead atoms. The molecule has 0 saturated carbocycles. The predicted octanol–water partition coefficient (Wildman–Crippen LogP) is 11.4. The largest absolute Gasteiger partial charge is 0.310 e. The van der Waals surface area contributed by atoms with Gasteiger partial charge in [-0.2, -0.15) is 0 Å². The Morgan fingerprint density at radius 2 is 1.17 bits per heavy atom. The summed E-state index contributed by atoms with van der Waals surface area (Å²) in [6.07, 6.45) is 0. The van der Waals surface area contributed by atoms with Gasteiger partial charge in [-0.15, -0.1) is 0 Å². The average molecular weight is 569 g/mol. The second kappa shape index (κ2) is 9.46. The molecule has 0 amide bonds. The van der Waals surface area contributed by atoms with E-state index in [1.807, 2.05) is 0 Å². The molecule has 42 heavy (non-hydrogen) atoms. The number of anilines is 3. The van der Waals surface area contributed by atoms with Crippen molar-refractivity contribution in [3.63, 3.8) is 0 Å². The summed E-state index contributed by atoms with van der Waals surface area (Å²) in [5.41, 5.74) is -14.0. The number of hydrogen-bond donors (Lipinski definition) is 0. The standard InChI is InChI=1S/C41H31N/c1-41(2)36-17-9-8-16-35(36)40-38(26-22-31-15-10-18-37(41)39(31)40)42(34-25-21-29-13-6-7-14-32(29)27-34)33-23-19-30(20-24-33)28-11-4-3-5-12-28/h3-27H,1-2H3/i1D3,2D3,3D,4D,5D,6D,7D,8D,9D,10D,11D,12D,13D,14D,15D,16D,17D,18D,19D,20D,21D,22D,23D,24D,25D,26D,27D. The third-order valence-electron chi connectivity index (χ3n) is 6.62. The molecule has 7 aromatic rings. The van der Waals surface area contributed by atoms with Gasteiger partial charge < -0.3 is 4.90 Å². The zero-order chi connectivity index (χ0) is 55.0. The normalized spacial score (nSPS) is 24.2. The molecule has 0 fully saturated rings. The topological polar surface area (TPSA) is 3.24 Å². The van der Waals surface area contributed by atoms with Crippen molar-refractivity contribution in [2.24, 2.45) is 0 Å². The van der Waals surface area contributed by atoms with Crippen LogP contribution in [0.2, 0.25) is 0 Å². The minimum absolute atomic E-state index is 0.305. The minimum Gasteiger partial charge on any atom is -0.310 e. The summed E-state index contributed by atoms with van der Waals surface area (Å²) < 4.78 is 278. The maximum Gasteiger partial charge on any atom is 0.0651 e. The molecular weight excluding hydrogens is 506 g/mol. The van der Waals surface area contributed by atoms with Gasteiger partial charge in [-0.25, -0.2) is 0 Å². The van der Waals surface area contributed by atoms with Crippen molar-refractivity contribution in [1.29, 1.82) is 0 Å². The van der Waals surface area contributed by atoms with Crippen LogP contribution in [0.5, 0.6) is 0 Å². The lowest BCUT2D eigenvalue weighted by molar-refractivity contribution is 0.645. The number of fused-ring (bicyclic) bond motifs is 3. The Kier molecular flexibility index (Phi) is 1.91. The first-order valence-corrected chi connectivity index (χ1v) is 12.2. The second-order valence-electron chi connectivity index (χ2n) is 9.01. The van der Waals surface area contributed by atoms with E-state index in [1.54, 1.807) is 0 Å². The molecule has 7 aromatic carbocycles. The summed E-state index contributed by atoms with van der Waals surface area (Å²) >= 11 is 0. The maximum atomic E-state index is 9.77. The molecule has 0 saturated heterocycles. The monoisotopic (exact) mass is 568 g/mol. The van der Waals surface area contributed by atoms with Gasteiger partial charge in [0.05, 0.1) is 40.0 Å². The van der Waals surface area contributed by atoms with E-state index in [9.17, 15) is 16.4 Å². The molecule has 1 heteroatoms. The predicted molar refractivity (Wildman–Crippen MR) is 179 cm³/mol. The van der Waals surface area contributed by atoms with Crippen LogP contribution in [-0.2, 0) is 5.41 Å². The SMILES string of the molecule is [2H]c1c([2H])c([2H])c(-c2c([2H])c([2H])c(N(c3c([2H])c([2H])c4c([2H])c([2H])c([2H])c([2H])c4c3[2H])c3c([2H])c([2H])c4c([2H])c([2H])c([2H])c5c4c3-c3c([2H])c([2H])c([2H])c([2H])c3C5(C([2H])([2H])[2H])C([2H])([2H])[2H])c([2H])c2[2H])c([2H])c1[2H]. The van der Waals surface area contributed by atoms with Crippen molar-refractivity contribution in [3.05, 3.63) is 162 Å². The van der Waals surface area contributed by atoms with Crippen LogP contribution < -0.4 is 4.90 Å². The Hall–Kier alpha value is -5.14. The summed E-state index contributed by atoms with van der Waals surface area (Å²) in [5, 5.41) is -3.58. The van der Waals surface area contributed by atoms with Crippen LogP contribution in [0.3, 0.4) is 0 Å². The van der Waals surface area contributed by atoms with Crippen LogP contribution in [0.25, 0.3) is 43.8 Å². The molecule has 0 atom stereocenters. The van der Waals surface area contributed by atoms with Gasteiger partial charge in [0.25, 0.3) is 0 Å². The van der Waals surface area contributed by atoms with Crippen LogP contribution in [0, 0.1) is 0 Å². The van der Waals surface area contributed by atoms with Gasteiger partial charge in [0.1, 0.15) is 0 Å².